The van der Waals surface area contributed by atoms with Gasteiger partial charge in [0.1, 0.15) is 6.20 Å². The topological polar surface area (TPSA) is 68.1 Å². The summed E-state index contributed by atoms with van der Waals surface area (Å²) in [7, 11) is 0. The van der Waals surface area contributed by atoms with E-state index in [4.69, 9.17) is 11.6 Å². The zero-order chi connectivity index (χ0) is 13.1. The molecule has 0 saturated heterocycles. The number of rotatable bonds is 4. The van der Waals surface area contributed by atoms with Gasteiger partial charge < -0.3 is 5.32 Å². The zero-order valence-corrected chi connectivity index (χ0v) is 11.0. The third-order valence-electron chi connectivity index (χ3n) is 2.38. The maximum Gasteiger partial charge on any atom is 0.345 e. The molecule has 0 aliphatic carbocycles. The Morgan fingerprint density at radius 1 is 1.44 bits per heavy atom. The molecule has 0 aliphatic rings. The summed E-state index contributed by atoms with van der Waals surface area (Å²) >= 11 is 6.83. The fourth-order valence-corrected chi connectivity index (χ4v) is 2.28. The fraction of sp³-hybridized carbons (Fsp3) is 0.182. The first-order valence-corrected chi connectivity index (χ1v) is 6.38. The first-order valence-electron chi connectivity index (χ1n) is 5.18. The minimum absolute atomic E-state index is 0.00743. The lowest BCUT2D eigenvalue weighted by molar-refractivity contribution is -0.380. The number of anilines is 1. The molecule has 0 spiro atoms. The second-order valence-electron chi connectivity index (χ2n) is 3.68. The fourth-order valence-electron chi connectivity index (χ4n) is 1.44. The highest BCUT2D eigenvalue weighted by Crippen LogP contribution is 2.28. The van der Waals surface area contributed by atoms with E-state index in [0.29, 0.717) is 10.2 Å². The molecule has 0 radical (unpaired) electrons. The van der Waals surface area contributed by atoms with Crippen molar-refractivity contribution in [3.05, 3.63) is 51.2 Å². The van der Waals surface area contributed by atoms with Crippen molar-refractivity contribution in [3.8, 4) is 0 Å². The lowest BCUT2D eigenvalue weighted by Crippen LogP contribution is -2.05. The molecule has 0 fully saturated rings. The number of thiazole rings is 1. The monoisotopic (exact) mass is 283 g/mol. The molecule has 1 aromatic heterocycles. The Labute approximate surface area is 113 Å². The van der Waals surface area contributed by atoms with Gasteiger partial charge in [0.2, 0.25) is 0 Å². The third kappa shape index (κ3) is 2.96. The first-order chi connectivity index (χ1) is 8.56. The Hall–Kier alpha value is -1.66. The molecule has 0 bridgehead atoms. The molecule has 1 unspecified atom stereocenters. The van der Waals surface area contributed by atoms with Gasteiger partial charge >= 0.3 is 5.00 Å². The Morgan fingerprint density at radius 2 is 2.11 bits per heavy atom. The Kier molecular flexibility index (Phi) is 3.78. The van der Waals surface area contributed by atoms with Crippen molar-refractivity contribution in [2.75, 3.05) is 5.32 Å². The maximum atomic E-state index is 10.5. The van der Waals surface area contributed by atoms with Crippen LogP contribution >= 0.6 is 22.9 Å². The van der Waals surface area contributed by atoms with Gasteiger partial charge in [-0.2, -0.15) is 0 Å². The second-order valence-corrected chi connectivity index (χ2v) is 5.12. The van der Waals surface area contributed by atoms with Crippen LogP contribution in [0.2, 0.25) is 5.02 Å². The van der Waals surface area contributed by atoms with Gasteiger partial charge in [0.25, 0.3) is 0 Å². The van der Waals surface area contributed by atoms with Gasteiger partial charge in [0.05, 0.1) is 11.0 Å². The van der Waals surface area contributed by atoms with E-state index in [2.05, 4.69) is 10.3 Å². The molecule has 0 aliphatic heterocycles. The molecule has 5 nitrogen and oxygen atoms in total. The SMILES string of the molecule is CC(Nc1ncc([N+](=O)[O-])s1)c1ccc(Cl)cc1. The van der Waals surface area contributed by atoms with Crippen molar-refractivity contribution < 1.29 is 4.92 Å². The Bertz CT molecular complexity index is 556. The van der Waals surface area contributed by atoms with E-state index in [1.807, 2.05) is 19.1 Å². The van der Waals surface area contributed by atoms with E-state index < -0.39 is 4.92 Å². The lowest BCUT2D eigenvalue weighted by atomic mass is 10.1. The zero-order valence-electron chi connectivity index (χ0n) is 9.46. The van der Waals surface area contributed by atoms with Crippen molar-refractivity contribution in [3.63, 3.8) is 0 Å². The largest absolute Gasteiger partial charge is 0.355 e. The highest BCUT2D eigenvalue weighted by atomic mass is 35.5. The summed E-state index contributed by atoms with van der Waals surface area (Å²) in [4.78, 5) is 14.1. The van der Waals surface area contributed by atoms with E-state index in [1.54, 1.807) is 12.1 Å². The van der Waals surface area contributed by atoms with Gasteiger partial charge in [-0.25, -0.2) is 4.98 Å². The van der Waals surface area contributed by atoms with E-state index in [1.165, 1.54) is 6.20 Å². The quantitative estimate of drug-likeness (QED) is 0.683. The lowest BCUT2D eigenvalue weighted by Gasteiger charge is -2.12. The van der Waals surface area contributed by atoms with Crippen LogP contribution in [0, 0.1) is 10.1 Å². The van der Waals surface area contributed by atoms with Gasteiger partial charge in [0.15, 0.2) is 5.13 Å². The smallest absolute Gasteiger partial charge is 0.345 e. The van der Waals surface area contributed by atoms with Crippen LogP contribution < -0.4 is 5.32 Å². The van der Waals surface area contributed by atoms with E-state index >= 15 is 0 Å². The maximum absolute atomic E-state index is 10.5. The highest BCUT2D eigenvalue weighted by molar-refractivity contribution is 7.18. The van der Waals surface area contributed by atoms with Crippen molar-refractivity contribution in [1.82, 2.24) is 4.98 Å². The van der Waals surface area contributed by atoms with Crippen molar-refractivity contribution in [2.45, 2.75) is 13.0 Å². The molecular weight excluding hydrogens is 274 g/mol. The van der Waals surface area contributed by atoms with Gasteiger partial charge in [-0.15, -0.1) is 0 Å². The van der Waals surface area contributed by atoms with E-state index in [-0.39, 0.29) is 11.0 Å². The number of hydrogen-bond donors (Lipinski definition) is 1. The van der Waals surface area contributed by atoms with Crippen LogP contribution in [0.5, 0.6) is 0 Å². The molecule has 0 saturated carbocycles. The summed E-state index contributed by atoms with van der Waals surface area (Å²) in [5.74, 6) is 0. The van der Waals surface area contributed by atoms with Crippen LogP contribution in [0.4, 0.5) is 10.1 Å². The Morgan fingerprint density at radius 3 is 2.67 bits per heavy atom. The van der Waals surface area contributed by atoms with Gasteiger partial charge in [-0.3, -0.25) is 10.1 Å². The molecule has 18 heavy (non-hydrogen) atoms. The van der Waals surface area contributed by atoms with Crippen LogP contribution in [0.1, 0.15) is 18.5 Å². The number of benzene rings is 1. The molecule has 94 valence electrons. The van der Waals surface area contributed by atoms with Crippen molar-refractivity contribution in [2.24, 2.45) is 0 Å². The summed E-state index contributed by atoms with van der Waals surface area (Å²) < 4.78 is 0. The number of nitrogens with zero attached hydrogens (tertiary/aromatic N) is 2. The summed E-state index contributed by atoms with van der Waals surface area (Å²) in [6, 6.07) is 7.43. The normalized spacial score (nSPS) is 12.1. The highest BCUT2D eigenvalue weighted by Gasteiger charge is 2.13. The molecule has 1 atom stereocenters. The standard InChI is InChI=1S/C11H10ClN3O2S/c1-7(8-2-4-9(12)5-3-8)14-11-13-6-10(18-11)15(16)17/h2-7H,1H3,(H,13,14). The summed E-state index contributed by atoms with van der Waals surface area (Å²) in [6.45, 7) is 1.95. The molecule has 0 amide bonds. The molecule has 2 aromatic rings. The van der Waals surface area contributed by atoms with Gasteiger partial charge in [-0.05, 0) is 36.0 Å². The van der Waals surface area contributed by atoms with Crippen LogP contribution in [0.15, 0.2) is 30.5 Å². The summed E-state index contributed by atoms with van der Waals surface area (Å²) in [6.07, 6.45) is 1.25. The van der Waals surface area contributed by atoms with Crippen molar-refractivity contribution >= 4 is 33.1 Å². The first kappa shape index (κ1) is 12.8. The molecule has 1 N–H and O–H groups in total. The predicted molar refractivity (Wildman–Crippen MR) is 72.3 cm³/mol. The third-order valence-corrected chi connectivity index (χ3v) is 3.52. The number of nitro groups is 1. The number of aromatic nitrogens is 1. The van der Waals surface area contributed by atoms with Crippen LogP contribution in [-0.2, 0) is 0 Å². The summed E-state index contributed by atoms with van der Waals surface area (Å²) in [5, 5.41) is 14.9. The molecule has 7 heteroatoms. The van der Waals surface area contributed by atoms with Crippen molar-refractivity contribution in [1.29, 1.82) is 0 Å². The Balaban J connectivity index is 2.08. The number of hydrogen-bond acceptors (Lipinski definition) is 5. The van der Waals surface area contributed by atoms with Crippen LogP contribution in [-0.4, -0.2) is 9.91 Å². The van der Waals surface area contributed by atoms with Gasteiger partial charge in [-0.1, -0.05) is 23.7 Å². The molecule has 1 heterocycles. The van der Waals surface area contributed by atoms with Crippen LogP contribution in [0.3, 0.4) is 0 Å². The number of nitrogens with one attached hydrogen (secondary N) is 1. The molecule has 2 rings (SSSR count). The second kappa shape index (κ2) is 5.32. The van der Waals surface area contributed by atoms with E-state index in [9.17, 15) is 10.1 Å². The minimum atomic E-state index is -0.449. The molecular formula is C11H10ClN3O2S. The average molecular weight is 284 g/mol. The average Bonchev–Trinajstić information content (AvgIpc) is 2.78. The predicted octanol–water partition coefficient (Wildman–Crippen LogP) is 3.88. The van der Waals surface area contributed by atoms with E-state index in [0.717, 1.165) is 16.9 Å². The number of halogens is 1. The molecule has 1 aromatic carbocycles. The summed E-state index contributed by atoms with van der Waals surface area (Å²) in [5.41, 5.74) is 1.04. The van der Waals surface area contributed by atoms with Crippen LogP contribution in [0.25, 0.3) is 0 Å². The van der Waals surface area contributed by atoms with Gasteiger partial charge in [0, 0.05) is 5.02 Å². The minimum Gasteiger partial charge on any atom is -0.355 e.